The number of aliphatic hydroxyl groups is 1. The summed E-state index contributed by atoms with van der Waals surface area (Å²) in [4.78, 5) is 44.9. The molecule has 0 aliphatic carbocycles. The maximum atomic E-state index is 12.8. The number of hydrogen-bond acceptors (Lipinski definition) is 10. The topological polar surface area (TPSA) is 149 Å². The molecule has 8 rings (SSSR count). The molecular weight excluding hydrogens is 1080 g/mol. The first-order valence-corrected chi connectivity index (χ1v) is 25.8. The lowest BCUT2D eigenvalue weighted by Gasteiger charge is -2.45. The Balaban J connectivity index is 0.000000218. The fraction of sp³-hybridized carbons (Fsp3) is 0.694. The average molecular weight is 1150 g/mol. The number of aliphatic carboxylic acids is 2. The molecule has 1 amide bonds. The number of ether oxygens (including phenoxy) is 1. The first-order valence-electron chi connectivity index (χ1n) is 25.0. The first-order chi connectivity index (χ1) is 35.4. The molecule has 6 aliphatic rings. The maximum absolute atomic E-state index is 12.8. The van der Waals surface area contributed by atoms with Gasteiger partial charge in [-0.2, -0.15) is 52.7 Å². The summed E-state index contributed by atoms with van der Waals surface area (Å²) >= 11 is 12.9. The molecule has 2 aromatic carbocycles. The number of carboxylic acids is 2. The van der Waals surface area contributed by atoms with Crippen LogP contribution in [0.2, 0.25) is 10.0 Å². The number of carboxylic acid groups (broad SMARTS) is 2. The number of nitrogens with one attached hydrogen (secondary N) is 1. The van der Waals surface area contributed by atoms with E-state index in [9.17, 15) is 77.3 Å². The van der Waals surface area contributed by atoms with Crippen molar-refractivity contribution in [3.63, 3.8) is 0 Å². The molecule has 76 heavy (non-hydrogen) atoms. The van der Waals surface area contributed by atoms with Crippen LogP contribution < -0.4 is 15.1 Å². The molecule has 2 spiro atoms. The molecule has 0 saturated carbocycles. The van der Waals surface area contributed by atoms with Crippen LogP contribution in [0.4, 0.5) is 68.9 Å². The van der Waals surface area contributed by atoms with Gasteiger partial charge in [-0.3, -0.25) is 19.4 Å². The number of nitrogens with zero attached hydrogens (tertiary/aromatic N) is 5. The number of aliphatic hydroxyl groups excluding tert-OH is 1. The fourth-order valence-corrected chi connectivity index (χ4v) is 11.8. The third kappa shape index (κ3) is 16.0. The molecule has 0 bridgehead atoms. The summed E-state index contributed by atoms with van der Waals surface area (Å²) < 4.78 is 147. The summed E-state index contributed by atoms with van der Waals surface area (Å²) in [5, 5.41) is 30.8. The van der Waals surface area contributed by atoms with Gasteiger partial charge < -0.3 is 40.1 Å². The Bertz CT molecular complexity index is 2250. The number of hydrogen-bond donors (Lipinski definition) is 4. The second-order valence-corrected chi connectivity index (χ2v) is 21.3. The molecule has 428 valence electrons. The summed E-state index contributed by atoms with van der Waals surface area (Å²) in [6, 6.07) is 12.1. The van der Waals surface area contributed by atoms with E-state index in [-0.39, 0.29) is 30.5 Å². The molecular formula is C49H62Cl2F12N6O7. The zero-order valence-corrected chi connectivity index (χ0v) is 42.8. The van der Waals surface area contributed by atoms with E-state index in [4.69, 9.17) is 28.3 Å². The third-order valence-corrected chi connectivity index (χ3v) is 15.9. The second kappa shape index (κ2) is 24.9. The van der Waals surface area contributed by atoms with E-state index in [1.807, 2.05) is 24.3 Å². The quantitative estimate of drug-likeness (QED) is 0.177. The number of benzene rings is 2. The van der Waals surface area contributed by atoms with Crippen LogP contribution in [0.15, 0.2) is 36.4 Å². The highest BCUT2D eigenvalue weighted by molar-refractivity contribution is 6.31. The van der Waals surface area contributed by atoms with E-state index >= 15 is 0 Å². The number of amides is 1. The number of anilines is 2. The highest BCUT2D eigenvalue weighted by atomic mass is 35.5. The van der Waals surface area contributed by atoms with Crippen LogP contribution in [-0.4, -0.2) is 161 Å². The number of carbonyl (C=O) groups excluding carboxylic acids is 1. The molecule has 0 aromatic heterocycles. The van der Waals surface area contributed by atoms with Crippen LogP contribution >= 0.6 is 23.2 Å². The van der Waals surface area contributed by atoms with Crippen LogP contribution in [0, 0.1) is 11.8 Å². The maximum Gasteiger partial charge on any atom is 0.434 e. The normalized spacial score (nSPS) is 21.2. The largest absolute Gasteiger partial charge is 0.481 e. The highest BCUT2D eigenvalue weighted by Crippen LogP contribution is 2.43. The van der Waals surface area contributed by atoms with E-state index < -0.39 is 54.9 Å². The van der Waals surface area contributed by atoms with Crippen molar-refractivity contribution in [3.8, 4) is 0 Å². The molecule has 13 nitrogen and oxygen atoms in total. The Morgan fingerprint density at radius 3 is 1.29 bits per heavy atom. The molecule has 0 radical (unpaired) electrons. The average Bonchev–Trinajstić information content (AvgIpc) is 3.91. The van der Waals surface area contributed by atoms with Crippen molar-refractivity contribution in [2.75, 3.05) is 75.2 Å². The summed E-state index contributed by atoms with van der Waals surface area (Å²) in [5.41, 5.74) is 4.29. The minimum Gasteiger partial charge on any atom is -0.481 e. The zero-order valence-electron chi connectivity index (χ0n) is 41.2. The molecule has 6 aliphatic heterocycles. The van der Waals surface area contributed by atoms with Gasteiger partial charge in [0.1, 0.15) is 0 Å². The van der Waals surface area contributed by atoms with Gasteiger partial charge in [0.05, 0.1) is 11.8 Å². The second-order valence-electron chi connectivity index (χ2n) is 20.4. The van der Waals surface area contributed by atoms with Crippen LogP contribution in [0.3, 0.4) is 0 Å². The predicted octanol–water partition coefficient (Wildman–Crippen LogP) is 10.5. The minimum absolute atomic E-state index is 0.0168. The number of likely N-dealkylation sites (tertiary alicyclic amines) is 3. The number of alkyl halides is 12. The number of rotatable bonds is 9. The van der Waals surface area contributed by atoms with E-state index in [0.717, 1.165) is 79.0 Å². The molecule has 6 fully saturated rings. The summed E-state index contributed by atoms with van der Waals surface area (Å²) in [5.74, 6) is -2.02. The lowest BCUT2D eigenvalue weighted by molar-refractivity contribution is -0.309. The van der Waals surface area contributed by atoms with Gasteiger partial charge in [0.2, 0.25) is 6.10 Å². The van der Waals surface area contributed by atoms with Gasteiger partial charge in [0.25, 0.3) is 6.10 Å². The van der Waals surface area contributed by atoms with Gasteiger partial charge in [-0.25, -0.2) is 4.79 Å². The van der Waals surface area contributed by atoms with Crippen molar-refractivity contribution in [3.05, 3.63) is 57.6 Å². The van der Waals surface area contributed by atoms with Gasteiger partial charge in [-0.15, -0.1) is 0 Å². The Morgan fingerprint density at radius 2 is 0.947 bits per heavy atom. The molecule has 4 N–H and O–H groups in total. The number of carbonyl (C=O) groups is 3. The van der Waals surface area contributed by atoms with Gasteiger partial charge in [0.15, 0.2) is 0 Å². The summed E-state index contributed by atoms with van der Waals surface area (Å²) in [6.45, 7) is 8.39. The predicted molar refractivity (Wildman–Crippen MR) is 256 cm³/mol. The Labute approximate surface area is 441 Å². The first kappa shape index (κ1) is 61.0. The lowest BCUT2D eigenvalue weighted by Crippen LogP contribution is -2.54. The molecule has 0 atom stereocenters. The lowest BCUT2D eigenvalue weighted by atomic mass is 9.85. The van der Waals surface area contributed by atoms with Gasteiger partial charge in [-0.1, -0.05) is 23.2 Å². The van der Waals surface area contributed by atoms with Gasteiger partial charge in [0, 0.05) is 84.9 Å². The molecule has 2 aromatic rings. The summed E-state index contributed by atoms with van der Waals surface area (Å²) in [7, 11) is 0. The van der Waals surface area contributed by atoms with Crippen LogP contribution in [0.5, 0.6) is 0 Å². The Morgan fingerprint density at radius 1 is 0.566 bits per heavy atom. The number of piperidine rings is 4. The summed E-state index contributed by atoms with van der Waals surface area (Å²) in [6.07, 6.45) is -22.8. The van der Waals surface area contributed by atoms with E-state index in [1.54, 1.807) is 0 Å². The van der Waals surface area contributed by atoms with Crippen molar-refractivity contribution in [2.45, 2.75) is 138 Å². The van der Waals surface area contributed by atoms with E-state index in [2.05, 4.69) is 41.8 Å². The Kier molecular flexibility index (Phi) is 20.0. The smallest absolute Gasteiger partial charge is 0.434 e. The third-order valence-electron chi connectivity index (χ3n) is 15.5. The monoisotopic (exact) mass is 1140 g/mol. The van der Waals surface area contributed by atoms with Gasteiger partial charge in [-0.05, 0) is 151 Å². The van der Waals surface area contributed by atoms with Crippen molar-refractivity contribution in [2.24, 2.45) is 11.8 Å². The van der Waals surface area contributed by atoms with E-state index in [0.29, 0.717) is 68.7 Å². The number of halogens is 14. The van der Waals surface area contributed by atoms with Crippen LogP contribution in [-0.2, 0) is 27.4 Å². The van der Waals surface area contributed by atoms with Crippen molar-refractivity contribution in [1.82, 2.24) is 20.0 Å². The minimum atomic E-state index is -5.75. The van der Waals surface area contributed by atoms with Crippen molar-refractivity contribution in [1.29, 1.82) is 0 Å². The molecule has 6 heterocycles. The van der Waals surface area contributed by atoms with Crippen molar-refractivity contribution < 1.29 is 87.1 Å². The molecule has 27 heteroatoms. The van der Waals surface area contributed by atoms with Gasteiger partial charge >= 0.3 is 42.7 Å². The van der Waals surface area contributed by atoms with E-state index in [1.165, 1.54) is 37.8 Å². The van der Waals surface area contributed by atoms with Crippen LogP contribution in [0.1, 0.15) is 88.2 Å². The SMILES string of the molecule is O=C(O)C1CCN(c2cc(Cl)cc(CN3CCCC34CCN(C(=O)OC(C(F)(F)F)C(F)(F)F)CC4)c2)CC1.O=C(O)C1CCN(c2cc(Cl)cc(CN3CCCC34CCNCC4)c2)CC1.OC(C(F)(F)F)C(F)(F)F. The standard InChI is InChI=1S/C25H30ClF6N3O4.C21H30ClN3O2.C3H2F6O/c26-18-12-16(13-19(14-18)33-8-2-17(3-9-33)20(36)37)15-35-7-1-4-23(35)5-10-34(11-6-23)22(38)39-21(24(27,28)29)25(30,31)32;22-18-12-16(15-25-9-1-4-21(25)5-7-23-8-6-21)13-19(14-18)24-10-2-17(3-11-24)20(26)27;4-2(5,6)1(10)3(7,8)9/h12-14,17,21H,1-11,15H2,(H,36,37);12-14,17,23H,1-11,15H2,(H,26,27);1,10H. The molecule has 0 unspecified atom stereocenters. The van der Waals surface area contributed by atoms with Crippen molar-refractivity contribution >= 4 is 52.6 Å². The molecule has 6 saturated heterocycles. The van der Waals surface area contributed by atoms with Crippen LogP contribution in [0.25, 0.3) is 0 Å². The zero-order chi connectivity index (χ0) is 56.0. The fourth-order valence-electron chi connectivity index (χ4n) is 11.3. The highest BCUT2D eigenvalue weighted by Gasteiger charge is 2.60. The Hall–Kier alpha value is -4.17.